The van der Waals surface area contributed by atoms with Crippen LogP contribution < -0.4 is 24.2 Å². The molecule has 0 unspecified atom stereocenters. The minimum Gasteiger partial charge on any atom is -0.495 e. The number of carbonyl (C=O) groups is 1. The number of aryl methyl sites for hydroxylation is 1. The van der Waals surface area contributed by atoms with Crippen LogP contribution in [0, 0.1) is 6.92 Å². The van der Waals surface area contributed by atoms with Crippen LogP contribution in [-0.4, -0.2) is 35.2 Å². The Morgan fingerprint density at radius 2 is 1.71 bits per heavy atom. The van der Waals surface area contributed by atoms with Crippen LogP contribution in [0.4, 0.5) is 11.4 Å². The van der Waals surface area contributed by atoms with Crippen LogP contribution >= 0.6 is 0 Å². The fourth-order valence-corrected chi connectivity index (χ4v) is 4.52. The molecule has 1 amide bonds. The molecule has 0 heterocycles. The molecule has 2 N–H and O–H groups in total. The predicted octanol–water partition coefficient (Wildman–Crippen LogP) is 4.63. The summed E-state index contributed by atoms with van der Waals surface area (Å²) in [5.41, 5.74) is 1.47. The largest absolute Gasteiger partial charge is 0.495 e. The van der Waals surface area contributed by atoms with E-state index in [4.69, 9.17) is 14.2 Å². The zero-order valence-corrected chi connectivity index (χ0v) is 19.9. The molecule has 0 atom stereocenters. The summed E-state index contributed by atoms with van der Waals surface area (Å²) >= 11 is 0. The number of hydrogen-bond donors (Lipinski definition) is 2. The number of anilines is 2. The van der Waals surface area contributed by atoms with Crippen LogP contribution in [0.5, 0.6) is 17.2 Å². The highest BCUT2D eigenvalue weighted by Gasteiger charge is 2.20. The first kappa shape index (κ1) is 24.7. The smallest absolute Gasteiger partial charge is 0.262 e. The van der Waals surface area contributed by atoms with Crippen LogP contribution in [-0.2, 0) is 10.0 Å². The van der Waals surface area contributed by atoms with E-state index >= 15 is 0 Å². The molecular formula is C25H26N2O6S. The molecule has 178 valence electrons. The van der Waals surface area contributed by atoms with Crippen molar-refractivity contribution in [1.82, 2.24) is 0 Å². The second-order valence-corrected chi connectivity index (χ2v) is 8.86. The van der Waals surface area contributed by atoms with Crippen molar-refractivity contribution in [3.8, 4) is 17.2 Å². The number of amides is 1. The highest BCUT2D eigenvalue weighted by molar-refractivity contribution is 7.92. The predicted molar refractivity (Wildman–Crippen MR) is 132 cm³/mol. The number of sulfonamides is 1. The van der Waals surface area contributed by atoms with E-state index in [0.29, 0.717) is 46.4 Å². The van der Waals surface area contributed by atoms with E-state index in [-0.39, 0.29) is 4.90 Å². The van der Waals surface area contributed by atoms with E-state index in [1.54, 1.807) is 67.6 Å². The van der Waals surface area contributed by atoms with Gasteiger partial charge in [0.1, 0.15) is 12.4 Å². The van der Waals surface area contributed by atoms with Crippen molar-refractivity contribution in [2.24, 2.45) is 0 Å². The average Bonchev–Trinajstić information content (AvgIpc) is 2.83. The van der Waals surface area contributed by atoms with Gasteiger partial charge in [0.2, 0.25) is 0 Å². The van der Waals surface area contributed by atoms with Gasteiger partial charge in [-0.2, -0.15) is 0 Å². The first-order valence-electron chi connectivity index (χ1n) is 10.3. The molecule has 3 aromatic rings. The highest BCUT2D eigenvalue weighted by atomic mass is 32.2. The molecule has 8 nitrogen and oxygen atoms in total. The summed E-state index contributed by atoms with van der Waals surface area (Å²) in [5.74, 6) is 0.828. The quantitative estimate of drug-likeness (QED) is 0.409. The second kappa shape index (κ2) is 10.8. The van der Waals surface area contributed by atoms with Crippen LogP contribution in [0.15, 0.2) is 78.2 Å². The van der Waals surface area contributed by atoms with Gasteiger partial charge in [0.05, 0.1) is 24.8 Å². The molecular weight excluding hydrogens is 456 g/mol. The van der Waals surface area contributed by atoms with Gasteiger partial charge in [0.25, 0.3) is 15.9 Å². The lowest BCUT2D eigenvalue weighted by Gasteiger charge is -2.15. The molecule has 0 aliphatic rings. The highest BCUT2D eigenvalue weighted by Crippen LogP contribution is 2.30. The number of ether oxygens (including phenoxy) is 3. The molecule has 0 fully saturated rings. The van der Waals surface area contributed by atoms with Gasteiger partial charge in [-0.05, 0) is 55.0 Å². The Bertz CT molecular complexity index is 1300. The Morgan fingerprint density at radius 1 is 0.971 bits per heavy atom. The van der Waals surface area contributed by atoms with Gasteiger partial charge in [0, 0.05) is 11.3 Å². The minimum absolute atomic E-state index is 0.0296. The summed E-state index contributed by atoms with van der Waals surface area (Å²) in [6.07, 6.45) is 1.60. The van der Waals surface area contributed by atoms with Gasteiger partial charge < -0.3 is 19.5 Å². The van der Waals surface area contributed by atoms with Gasteiger partial charge in [0.15, 0.2) is 11.5 Å². The Balaban J connectivity index is 1.85. The van der Waals surface area contributed by atoms with Crippen LogP contribution in [0.25, 0.3) is 0 Å². The topological polar surface area (TPSA) is 103 Å². The number of hydrogen-bond acceptors (Lipinski definition) is 6. The maximum absolute atomic E-state index is 13.1. The monoisotopic (exact) mass is 482 g/mol. The fraction of sp³-hybridized carbons (Fsp3) is 0.160. The molecule has 0 aliphatic carbocycles. The lowest BCUT2D eigenvalue weighted by molar-refractivity contribution is 0.102. The summed E-state index contributed by atoms with van der Waals surface area (Å²) in [7, 11) is -1.01. The third-order valence-corrected chi connectivity index (χ3v) is 6.38. The fourth-order valence-electron chi connectivity index (χ4n) is 3.18. The first-order valence-corrected chi connectivity index (χ1v) is 11.8. The van der Waals surface area contributed by atoms with Crippen LogP contribution in [0.2, 0.25) is 0 Å². The third kappa shape index (κ3) is 5.68. The van der Waals surface area contributed by atoms with Gasteiger partial charge in [-0.25, -0.2) is 8.42 Å². The average molecular weight is 483 g/mol. The summed E-state index contributed by atoms with van der Waals surface area (Å²) in [4.78, 5) is 12.9. The molecule has 0 aromatic heterocycles. The van der Waals surface area contributed by atoms with E-state index < -0.39 is 15.9 Å². The van der Waals surface area contributed by atoms with E-state index in [1.165, 1.54) is 20.3 Å². The van der Waals surface area contributed by atoms with Crippen molar-refractivity contribution in [3.05, 3.63) is 84.4 Å². The van der Waals surface area contributed by atoms with Crippen molar-refractivity contribution in [3.63, 3.8) is 0 Å². The third-order valence-electron chi connectivity index (χ3n) is 4.87. The number of para-hydroxylation sites is 2. The van der Waals surface area contributed by atoms with E-state index in [0.717, 1.165) is 0 Å². The Hall–Kier alpha value is -3.98. The Kier molecular flexibility index (Phi) is 7.80. The lowest BCUT2D eigenvalue weighted by Crippen LogP contribution is -2.16. The van der Waals surface area contributed by atoms with Crippen molar-refractivity contribution < 1.29 is 27.4 Å². The summed E-state index contributed by atoms with van der Waals surface area (Å²) in [6.45, 7) is 5.58. The number of rotatable bonds is 10. The van der Waals surface area contributed by atoms with Gasteiger partial charge in [-0.1, -0.05) is 30.9 Å². The first-order chi connectivity index (χ1) is 16.3. The molecule has 0 radical (unpaired) electrons. The van der Waals surface area contributed by atoms with E-state index in [1.807, 2.05) is 0 Å². The SMILES string of the molecule is C=CCOc1ccc(C(=O)Nc2ccc(C)c(S(=O)(=O)Nc3ccccc3OC)c2)cc1OC. The number of carbonyl (C=O) groups excluding carboxylic acids is 1. The summed E-state index contributed by atoms with van der Waals surface area (Å²) in [5, 5.41) is 2.73. The number of methoxy groups -OCH3 is 2. The van der Waals surface area contributed by atoms with Gasteiger partial charge >= 0.3 is 0 Å². The lowest BCUT2D eigenvalue weighted by atomic mass is 10.1. The molecule has 0 aliphatic heterocycles. The molecule has 0 bridgehead atoms. The minimum atomic E-state index is -3.95. The summed E-state index contributed by atoms with van der Waals surface area (Å²) < 4.78 is 44.7. The standard InChI is InChI=1S/C25H26N2O6S/c1-5-14-33-22-13-11-18(15-23(22)32-4)25(28)26-19-12-10-17(2)24(16-19)34(29,30)27-20-8-6-7-9-21(20)31-3/h5-13,15-16,27H,1,14H2,2-4H3,(H,26,28). The Labute approximate surface area is 199 Å². The molecule has 34 heavy (non-hydrogen) atoms. The van der Waals surface area contributed by atoms with Crippen molar-refractivity contribution in [2.75, 3.05) is 30.9 Å². The Morgan fingerprint density at radius 3 is 2.41 bits per heavy atom. The van der Waals surface area contributed by atoms with Crippen LogP contribution in [0.1, 0.15) is 15.9 Å². The number of nitrogens with one attached hydrogen (secondary N) is 2. The van der Waals surface area contributed by atoms with Crippen LogP contribution in [0.3, 0.4) is 0 Å². The molecule has 3 rings (SSSR count). The number of benzene rings is 3. The van der Waals surface area contributed by atoms with Crippen molar-refractivity contribution in [1.29, 1.82) is 0 Å². The summed E-state index contributed by atoms with van der Waals surface area (Å²) in [6, 6.07) is 16.1. The zero-order chi connectivity index (χ0) is 24.7. The maximum atomic E-state index is 13.1. The second-order valence-electron chi connectivity index (χ2n) is 7.21. The normalized spacial score (nSPS) is 10.8. The molecule has 0 spiro atoms. The van der Waals surface area contributed by atoms with E-state index in [2.05, 4.69) is 16.6 Å². The van der Waals surface area contributed by atoms with Crippen molar-refractivity contribution >= 4 is 27.3 Å². The van der Waals surface area contributed by atoms with Gasteiger partial charge in [-0.3, -0.25) is 9.52 Å². The maximum Gasteiger partial charge on any atom is 0.262 e. The van der Waals surface area contributed by atoms with Gasteiger partial charge in [-0.15, -0.1) is 0 Å². The molecule has 9 heteroatoms. The molecule has 3 aromatic carbocycles. The van der Waals surface area contributed by atoms with E-state index in [9.17, 15) is 13.2 Å². The zero-order valence-electron chi connectivity index (χ0n) is 19.1. The molecule has 0 saturated carbocycles. The molecule has 0 saturated heterocycles. The van der Waals surface area contributed by atoms with Crippen molar-refractivity contribution in [2.45, 2.75) is 11.8 Å².